The summed E-state index contributed by atoms with van der Waals surface area (Å²) in [6.45, 7) is -1.22. The molecule has 0 aromatic carbocycles. The summed E-state index contributed by atoms with van der Waals surface area (Å²) in [6.07, 6.45) is -15.3. The van der Waals surface area contributed by atoms with Crippen LogP contribution >= 0.6 is 0 Å². The van der Waals surface area contributed by atoms with Gasteiger partial charge in [-0.05, 0) is 0 Å². The molecule has 0 atom stereocenters. The summed E-state index contributed by atoms with van der Waals surface area (Å²) in [7, 11) is 0. The average Bonchev–Trinajstić information content (AvgIpc) is 2.62. The summed E-state index contributed by atoms with van der Waals surface area (Å²) < 4.78 is 80.3. The second kappa shape index (κ2) is 5.07. The fraction of sp³-hybridized carbons (Fsp3) is 0.500. The molecule has 0 spiro atoms. The predicted octanol–water partition coefficient (Wildman–Crippen LogP) is 2.38. The zero-order valence-electron chi connectivity index (χ0n) is 8.75. The van der Waals surface area contributed by atoms with Gasteiger partial charge in [0.15, 0.2) is 11.5 Å². The van der Waals surface area contributed by atoms with Crippen LogP contribution in [-0.2, 0) is 11.3 Å². The molecule has 0 amide bonds. The standard InChI is InChI=1S/C8H5F6NO4/c9-7(10,11)6(8(12,13)14)18-2-3-1-4(5(16)17)15-19-3/h1,6H,2H2,(H,16,17). The van der Waals surface area contributed by atoms with Crippen molar-refractivity contribution in [1.29, 1.82) is 0 Å². The predicted molar refractivity (Wildman–Crippen MR) is 44.1 cm³/mol. The van der Waals surface area contributed by atoms with Crippen molar-refractivity contribution in [2.45, 2.75) is 25.1 Å². The van der Waals surface area contributed by atoms with Crippen molar-refractivity contribution in [3.8, 4) is 0 Å². The zero-order chi connectivity index (χ0) is 14.8. The van der Waals surface area contributed by atoms with Crippen molar-refractivity contribution in [2.24, 2.45) is 0 Å². The van der Waals surface area contributed by atoms with E-state index >= 15 is 0 Å². The summed E-state index contributed by atoms with van der Waals surface area (Å²) in [6, 6.07) is 0.659. The molecule has 0 unspecified atom stereocenters. The number of carboxylic acid groups (broad SMARTS) is 1. The largest absolute Gasteiger partial charge is 0.476 e. The molecule has 1 rings (SSSR count). The lowest BCUT2D eigenvalue weighted by Crippen LogP contribution is -2.44. The van der Waals surface area contributed by atoms with E-state index in [1.165, 1.54) is 0 Å². The third kappa shape index (κ3) is 4.12. The van der Waals surface area contributed by atoms with E-state index in [4.69, 9.17) is 5.11 Å². The zero-order valence-corrected chi connectivity index (χ0v) is 8.75. The van der Waals surface area contributed by atoms with Crippen LogP contribution in [0.2, 0.25) is 0 Å². The van der Waals surface area contributed by atoms with Gasteiger partial charge in [-0.1, -0.05) is 5.16 Å². The number of halogens is 6. The van der Waals surface area contributed by atoms with Gasteiger partial charge >= 0.3 is 18.3 Å². The molecule has 11 heteroatoms. The molecule has 1 heterocycles. The molecule has 19 heavy (non-hydrogen) atoms. The molecule has 0 radical (unpaired) electrons. The molecule has 0 aliphatic rings. The molecule has 0 aliphatic carbocycles. The Labute approximate surface area is 100 Å². The number of alkyl halides is 6. The number of carbonyl (C=O) groups is 1. The van der Waals surface area contributed by atoms with Gasteiger partial charge in [0.05, 0.1) is 0 Å². The van der Waals surface area contributed by atoms with Gasteiger partial charge in [0.2, 0.25) is 6.10 Å². The van der Waals surface area contributed by atoms with Crippen LogP contribution in [-0.4, -0.2) is 34.7 Å². The second-order valence-corrected chi connectivity index (χ2v) is 3.26. The van der Waals surface area contributed by atoms with Gasteiger partial charge in [-0.2, -0.15) is 26.3 Å². The van der Waals surface area contributed by atoms with Gasteiger partial charge in [-0.25, -0.2) is 4.79 Å². The number of ether oxygens (including phenoxy) is 1. The highest BCUT2D eigenvalue weighted by Crippen LogP contribution is 2.36. The summed E-state index contributed by atoms with van der Waals surface area (Å²) in [5, 5.41) is 11.3. The third-order valence-corrected chi connectivity index (χ3v) is 1.76. The fourth-order valence-corrected chi connectivity index (χ4v) is 1.02. The summed E-state index contributed by atoms with van der Waals surface area (Å²) in [5.41, 5.74) is -0.658. The Morgan fingerprint density at radius 2 is 1.84 bits per heavy atom. The van der Waals surface area contributed by atoms with Crippen molar-refractivity contribution in [3.05, 3.63) is 17.5 Å². The summed E-state index contributed by atoms with van der Waals surface area (Å²) in [4.78, 5) is 10.3. The van der Waals surface area contributed by atoms with E-state index < -0.39 is 42.5 Å². The van der Waals surface area contributed by atoms with E-state index in [2.05, 4.69) is 14.4 Å². The number of aromatic carboxylic acids is 1. The molecule has 5 nitrogen and oxygen atoms in total. The lowest BCUT2D eigenvalue weighted by Gasteiger charge is -2.22. The van der Waals surface area contributed by atoms with Crippen LogP contribution in [0.3, 0.4) is 0 Å². The minimum absolute atomic E-state index is 0.573. The molecule has 1 aromatic rings. The SMILES string of the molecule is O=C(O)c1cc(COC(C(F)(F)F)C(F)(F)F)on1. The van der Waals surface area contributed by atoms with Gasteiger partial charge in [-0.3, -0.25) is 0 Å². The van der Waals surface area contributed by atoms with Crippen molar-refractivity contribution in [2.75, 3.05) is 0 Å². The molecule has 1 N–H and O–H groups in total. The topological polar surface area (TPSA) is 72.6 Å². The Kier molecular flexibility index (Phi) is 4.08. The first-order chi connectivity index (χ1) is 8.51. The minimum atomic E-state index is -5.64. The lowest BCUT2D eigenvalue weighted by molar-refractivity contribution is -0.325. The van der Waals surface area contributed by atoms with Gasteiger partial charge in [0.25, 0.3) is 0 Å². The summed E-state index contributed by atoms with van der Waals surface area (Å²) in [5.74, 6) is -2.12. The smallest absolute Gasteiger partial charge is 0.423 e. The number of rotatable bonds is 4. The monoisotopic (exact) mass is 293 g/mol. The first kappa shape index (κ1) is 15.3. The number of hydrogen-bond donors (Lipinski definition) is 1. The highest BCUT2D eigenvalue weighted by atomic mass is 19.4. The number of nitrogens with zero attached hydrogens (tertiary/aromatic N) is 1. The van der Waals surface area contributed by atoms with E-state index in [9.17, 15) is 31.1 Å². The number of aromatic nitrogens is 1. The molecule has 108 valence electrons. The van der Waals surface area contributed by atoms with Crippen molar-refractivity contribution >= 4 is 5.97 Å². The second-order valence-electron chi connectivity index (χ2n) is 3.26. The van der Waals surface area contributed by atoms with Gasteiger partial charge in [0.1, 0.15) is 6.61 Å². The van der Waals surface area contributed by atoms with E-state index in [1.54, 1.807) is 0 Å². The van der Waals surface area contributed by atoms with Crippen LogP contribution in [0.4, 0.5) is 26.3 Å². The van der Waals surface area contributed by atoms with Crippen LogP contribution in [0.5, 0.6) is 0 Å². The summed E-state index contributed by atoms with van der Waals surface area (Å²) >= 11 is 0. The quantitative estimate of drug-likeness (QED) is 0.863. The van der Waals surface area contributed by atoms with Crippen LogP contribution in [0.25, 0.3) is 0 Å². The molecule has 0 aliphatic heterocycles. The van der Waals surface area contributed by atoms with Gasteiger partial charge in [0, 0.05) is 6.07 Å². The number of hydrogen-bond acceptors (Lipinski definition) is 4. The Balaban J connectivity index is 2.74. The lowest BCUT2D eigenvalue weighted by atomic mass is 10.3. The Morgan fingerprint density at radius 1 is 1.32 bits per heavy atom. The first-order valence-electron chi connectivity index (χ1n) is 4.45. The van der Waals surface area contributed by atoms with Crippen molar-refractivity contribution in [1.82, 2.24) is 5.16 Å². The molecular formula is C8H5F6NO4. The minimum Gasteiger partial charge on any atom is -0.476 e. The van der Waals surface area contributed by atoms with Crippen LogP contribution < -0.4 is 0 Å². The molecule has 0 saturated carbocycles. The van der Waals surface area contributed by atoms with Crippen LogP contribution in [0.15, 0.2) is 10.6 Å². The highest BCUT2D eigenvalue weighted by molar-refractivity contribution is 5.85. The van der Waals surface area contributed by atoms with Crippen molar-refractivity contribution in [3.63, 3.8) is 0 Å². The van der Waals surface area contributed by atoms with Gasteiger partial charge < -0.3 is 14.4 Å². The maximum Gasteiger partial charge on any atom is 0.423 e. The fourth-order valence-electron chi connectivity index (χ4n) is 1.02. The van der Waals surface area contributed by atoms with E-state index in [0.29, 0.717) is 6.07 Å². The highest BCUT2D eigenvalue weighted by Gasteiger charge is 2.58. The van der Waals surface area contributed by atoms with Gasteiger partial charge in [-0.15, -0.1) is 0 Å². The maximum absolute atomic E-state index is 12.1. The Hall–Kier alpha value is -1.78. The maximum atomic E-state index is 12.1. The van der Waals surface area contributed by atoms with Crippen LogP contribution in [0, 0.1) is 0 Å². The Bertz CT molecular complexity index is 437. The van der Waals surface area contributed by atoms with Crippen LogP contribution in [0.1, 0.15) is 16.2 Å². The first-order valence-corrected chi connectivity index (χ1v) is 4.45. The molecule has 0 bridgehead atoms. The molecule has 0 saturated heterocycles. The molecular weight excluding hydrogens is 288 g/mol. The third-order valence-electron chi connectivity index (χ3n) is 1.76. The van der Waals surface area contributed by atoms with Crippen molar-refractivity contribution < 1.29 is 45.5 Å². The van der Waals surface area contributed by atoms with E-state index in [0.717, 1.165) is 0 Å². The average molecular weight is 293 g/mol. The van der Waals surface area contributed by atoms with E-state index in [1.807, 2.05) is 0 Å². The molecule has 0 fully saturated rings. The Morgan fingerprint density at radius 3 is 2.21 bits per heavy atom. The molecule has 1 aromatic heterocycles. The normalized spacial score (nSPS) is 13.0. The van der Waals surface area contributed by atoms with E-state index in [-0.39, 0.29) is 0 Å². The number of carboxylic acids is 1.